The van der Waals surface area contributed by atoms with Crippen molar-refractivity contribution in [2.45, 2.75) is 25.9 Å². The van der Waals surface area contributed by atoms with Crippen molar-refractivity contribution in [1.82, 2.24) is 10.2 Å². The fraction of sp³-hybridized carbons (Fsp3) is 0.625. The fourth-order valence-corrected chi connectivity index (χ4v) is 2.49. The third-order valence-corrected chi connectivity index (χ3v) is 3.75. The second-order valence-corrected chi connectivity index (χ2v) is 5.87. The van der Waals surface area contributed by atoms with Crippen LogP contribution in [-0.2, 0) is 11.3 Å². The predicted octanol–water partition coefficient (Wildman–Crippen LogP) is 1.90. The minimum absolute atomic E-state index is 0.109. The maximum Gasteiger partial charge on any atom is 0.119 e. The maximum absolute atomic E-state index is 5.83. The van der Waals surface area contributed by atoms with Crippen molar-refractivity contribution >= 4 is 0 Å². The molecule has 112 valence electrons. The third-order valence-electron chi connectivity index (χ3n) is 3.75. The molecular formula is C16H26N2O2. The van der Waals surface area contributed by atoms with Gasteiger partial charge in [0.1, 0.15) is 12.4 Å². The first kappa shape index (κ1) is 15.3. The summed E-state index contributed by atoms with van der Waals surface area (Å²) in [7, 11) is 1.95. The molecule has 0 bridgehead atoms. The van der Waals surface area contributed by atoms with Gasteiger partial charge in [0.25, 0.3) is 0 Å². The number of ether oxygens (including phenoxy) is 2. The number of hydrogen-bond acceptors (Lipinski definition) is 4. The second-order valence-electron chi connectivity index (χ2n) is 5.87. The highest BCUT2D eigenvalue weighted by molar-refractivity contribution is 5.27. The predicted molar refractivity (Wildman–Crippen MR) is 81.2 cm³/mol. The van der Waals surface area contributed by atoms with Crippen LogP contribution in [0.15, 0.2) is 24.3 Å². The summed E-state index contributed by atoms with van der Waals surface area (Å²) in [6, 6.07) is 8.28. The number of rotatable bonds is 6. The lowest BCUT2D eigenvalue weighted by Gasteiger charge is -2.41. The van der Waals surface area contributed by atoms with Gasteiger partial charge < -0.3 is 14.8 Å². The van der Waals surface area contributed by atoms with Gasteiger partial charge in [-0.25, -0.2) is 0 Å². The summed E-state index contributed by atoms with van der Waals surface area (Å²) in [6.07, 6.45) is 0. The van der Waals surface area contributed by atoms with Crippen molar-refractivity contribution in [3.05, 3.63) is 29.8 Å². The number of nitrogens with one attached hydrogen (secondary N) is 1. The van der Waals surface area contributed by atoms with Crippen molar-refractivity contribution in [2.75, 3.05) is 40.0 Å². The Balaban J connectivity index is 1.77. The van der Waals surface area contributed by atoms with Crippen LogP contribution >= 0.6 is 0 Å². The van der Waals surface area contributed by atoms with Crippen molar-refractivity contribution in [1.29, 1.82) is 0 Å². The molecule has 0 amide bonds. The van der Waals surface area contributed by atoms with E-state index in [0.29, 0.717) is 0 Å². The van der Waals surface area contributed by atoms with E-state index in [0.717, 1.165) is 45.2 Å². The lowest BCUT2D eigenvalue weighted by atomic mass is 10.0. The van der Waals surface area contributed by atoms with E-state index in [-0.39, 0.29) is 5.54 Å². The first-order valence-corrected chi connectivity index (χ1v) is 7.31. The van der Waals surface area contributed by atoms with Gasteiger partial charge in [0.15, 0.2) is 0 Å². The smallest absolute Gasteiger partial charge is 0.119 e. The van der Waals surface area contributed by atoms with Crippen LogP contribution in [0.2, 0.25) is 0 Å². The molecule has 0 spiro atoms. The summed E-state index contributed by atoms with van der Waals surface area (Å²) in [5.41, 5.74) is 1.38. The molecule has 0 unspecified atom stereocenters. The Morgan fingerprint density at radius 1 is 1.30 bits per heavy atom. The molecule has 1 aromatic carbocycles. The molecule has 4 nitrogen and oxygen atoms in total. The Bertz CT molecular complexity index is 403. The van der Waals surface area contributed by atoms with Crippen LogP contribution in [0, 0.1) is 0 Å². The summed E-state index contributed by atoms with van der Waals surface area (Å²) in [5, 5.41) is 3.14. The molecule has 0 radical (unpaired) electrons. The topological polar surface area (TPSA) is 33.7 Å². The molecule has 4 heteroatoms. The van der Waals surface area contributed by atoms with Gasteiger partial charge in [-0.1, -0.05) is 12.1 Å². The minimum Gasteiger partial charge on any atom is -0.492 e. The van der Waals surface area contributed by atoms with E-state index in [1.165, 1.54) is 5.56 Å². The van der Waals surface area contributed by atoms with E-state index in [9.17, 15) is 0 Å². The van der Waals surface area contributed by atoms with E-state index in [1.54, 1.807) is 0 Å². The van der Waals surface area contributed by atoms with Gasteiger partial charge in [0.05, 0.1) is 13.2 Å². The van der Waals surface area contributed by atoms with Gasteiger partial charge >= 0.3 is 0 Å². The molecule has 0 aromatic heterocycles. The zero-order valence-corrected chi connectivity index (χ0v) is 12.8. The molecule has 0 atom stereocenters. The van der Waals surface area contributed by atoms with Crippen LogP contribution in [-0.4, -0.2) is 50.4 Å². The average Bonchev–Trinajstić information content (AvgIpc) is 2.43. The number of hydrogen-bond donors (Lipinski definition) is 1. The first-order chi connectivity index (χ1) is 9.62. The van der Waals surface area contributed by atoms with Gasteiger partial charge in [0.2, 0.25) is 0 Å². The van der Waals surface area contributed by atoms with E-state index in [4.69, 9.17) is 9.47 Å². The van der Waals surface area contributed by atoms with Crippen molar-refractivity contribution in [3.8, 4) is 5.75 Å². The molecule has 1 aromatic rings. The van der Waals surface area contributed by atoms with Gasteiger partial charge in [-0.15, -0.1) is 0 Å². The monoisotopic (exact) mass is 278 g/mol. The molecule has 1 saturated heterocycles. The molecule has 1 aliphatic rings. The Morgan fingerprint density at radius 2 is 2.05 bits per heavy atom. The van der Waals surface area contributed by atoms with Gasteiger partial charge in [-0.3, -0.25) is 4.90 Å². The standard InChI is InChI=1S/C16H26N2O2/c1-16(2)13-19-10-8-18(16)9-11-20-15-6-4-14(5-7-15)12-17-3/h4-7,17H,8-13H2,1-3H3. The van der Waals surface area contributed by atoms with Crippen LogP contribution in [0.4, 0.5) is 0 Å². The lowest BCUT2D eigenvalue weighted by molar-refractivity contribution is -0.0547. The van der Waals surface area contributed by atoms with E-state index in [1.807, 2.05) is 19.2 Å². The summed E-state index contributed by atoms with van der Waals surface area (Å²) in [6.45, 7) is 9.59. The minimum atomic E-state index is 0.109. The summed E-state index contributed by atoms with van der Waals surface area (Å²) in [4.78, 5) is 2.44. The number of nitrogens with zero attached hydrogens (tertiary/aromatic N) is 1. The summed E-state index contributed by atoms with van der Waals surface area (Å²) in [5.74, 6) is 0.941. The molecule has 1 heterocycles. The van der Waals surface area contributed by atoms with Crippen molar-refractivity contribution in [2.24, 2.45) is 0 Å². The summed E-state index contributed by atoms with van der Waals surface area (Å²) >= 11 is 0. The Morgan fingerprint density at radius 3 is 2.70 bits per heavy atom. The Labute approximate surface area is 122 Å². The van der Waals surface area contributed by atoms with Gasteiger partial charge in [0, 0.05) is 25.2 Å². The number of benzene rings is 1. The van der Waals surface area contributed by atoms with E-state index in [2.05, 4.69) is 36.2 Å². The maximum atomic E-state index is 5.83. The quantitative estimate of drug-likeness (QED) is 0.861. The molecule has 1 fully saturated rings. The van der Waals surface area contributed by atoms with E-state index < -0.39 is 0 Å². The normalized spacial score (nSPS) is 18.9. The molecule has 20 heavy (non-hydrogen) atoms. The lowest BCUT2D eigenvalue weighted by Crippen LogP contribution is -2.54. The van der Waals surface area contributed by atoms with Crippen LogP contribution in [0.5, 0.6) is 5.75 Å². The van der Waals surface area contributed by atoms with Crippen LogP contribution in [0.1, 0.15) is 19.4 Å². The first-order valence-electron chi connectivity index (χ1n) is 7.31. The molecule has 0 aliphatic carbocycles. The third kappa shape index (κ3) is 4.20. The SMILES string of the molecule is CNCc1ccc(OCCN2CCOCC2(C)C)cc1. The highest BCUT2D eigenvalue weighted by atomic mass is 16.5. The fourth-order valence-electron chi connectivity index (χ4n) is 2.49. The molecule has 2 rings (SSSR count). The van der Waals surface area contributed by atoms with Gasteiger partial charge in [-0.2, -0.15) is 0 Å². The van der Waals surface area contributed by atoms with Crippen LogP contribution in [0.25, 0.3) is 0 Å². The largest absolute Gasteiger partial charge is 0.492 e. The molecular weight excluding hydrogens is 252 g/mol. The highest BCUT2D eigenvalue weighted by Crippen LogP contribution is 2.19. The molecule has 0 saturated carbocycles. The van der Waals surface area contributed by atoms with Gasteiger partial charge in [-0.05, 0) is 38.6 Å². The zero-order chi connectivity index (χ0) is 14.4. The van der Waals surface area contributed by atoms with Crippen molar-refractivity contribution < 1.29 is 9.47 Å². The summed E-state index contributed by atoms with van der Waals surface area (Å²) < 4.78 is 11.4. The van der Waals surface area contributed by atoms with Crippen molar-refractivity contribution in [3.63, 3.8) is 0 Å². The van der Waals surface area contributed by atoms with Crippen LogP contribution < -0.4 is 10.1 Å². The average molecular weight is 278 g/mol. The number of morpholine rings is 1. The van der Waals surface area contributed by atoms with Crippen LogP contribution in [0.3, 0.4) is 0 Å². The molecule has 1 aliphatic heterocycles. The second kappa shape index (κ2) is 7.07. The molecule has 1 N–H and O–H groups in total. The Hall–Kier alpha value is -1.10. The highest BCUT2D eigenvalue weighted by Gasteiger charge is 2.29. The Kier molecular flexibility index (Phi) is 5.40. The zero-order valence-electron chi connectivity index (χ0n) is 12.8. The van der Waals surface area contributed by atoms with E-state index >= 15 is 0 Å².